The first-order valence-electron chi connectivity index (χ1n) is 6.81. The first-order valence-corrected chi connectivity index (χ1v) is 7.63. The Morgan fingerprint density at radius 1 is 0.909 bits per heavy atom. The van der Waals surface area contributed by atoms with Crippen LogP contribution in [0.4, 0.5) is 23.0 Å². The molecule has 0 saturated carbocycles. The van der Waals surface area contributed by atoms with E-state index in [4.69, 9.17) is 5.84 Å². The van der Waals surface area contributed by atoms with Crippen molar-refractivity contribution in [2.24, 2.45) is 5.84 Å². The molecule has 0 unspecified atom stereocenters. The Morgan fingerprint density at radius 2 is 1.55 bits per heavy atom. The molecule has 2 aromatic carbocycles. The largest absolute Gasteiger partial charge is 0.308 e. The van der Waals surface area contributed by atoms with Crippen molar-refractivity contribution >= 4 is 34.8 Å². The fraction of sp³-hybridized carbons (Fsp3) is 0. The maximum Gasteiger partial charge on any atom is 0.145 e. The van der Waals surface area contributed by atoms with Crippen LogP contribution in [0, 0.1) is 0 Å². The van der Waals surface area contributed by atoms with Crippen LogP contribution >= 0.6 is 11.8 Å². The standard InChI is InChI=1S/C16H13N5S/c17-20-15-9-16(19-10-18-15)21-11-5-1-3-7-13(11)22-14-8-4-2-6-12(14)21/h1-10H,17H2,(H,18,19,20). The summed E-state index contributed by atoms with van der Waals surface area (Å²) in [5.74, 6) is 6.84. The number of nitrogens with one attached hydrogen (secondary N) is 1. The average Bonchev–Trinajstić information content (AvgIpc) is 2.59. The number of nitrogens with zero attached hydrogens (tertiary/aromatic N) is 3. The Morgan fingerprint density at radius 3 is 2.18 bits per heavy atom. The molecule has 0 amide bonds. The first-order chi connectivity index (χ1) is 10.9. The summed E-state index contributed by atoms with van der Waals surface area (Å²) >= 11 is 1.77. The van der Waals surface area contributed by atoms with Gasteiger partial charge in [0, 0.05) is 15.9 Å². The van der Waals surface area contributed by atoms with E-state index < -0.39 is 0 Å². The Balaban J connectivity index is 1.94. The van der Waals surface area contributed by atoms with Crippen LogP contribution in [0.15, 0.2) is 70.7 Å². The number of benzene rings is 2. The Kier molecular flexibility index (Phi) is 3.17. The van der Waals surface area contributed by atoms with Gasteiger partial charge in [0.15, 0.2) is 0 Å². The monoisotopic (exact) mass is 307 g/mol. The van der Waals surface area contributed by atoms with Crippen LogP contribution < -0.4 is 16.2 Å². The smallest absolute Gasteiger partial charge is 0.145 e. The minimum Gasteiger partial charge on any atom is -0.308 e. The first kappa shape index (κ1) is 13.1. The summed E-state index contributed by atoms with van der Waals surface area (Å²) in [6.45, 7) is 0. The van der Waals surface area contributed by atoms with Gasteiger partial charge in [-0.1, -0.05) is 36.0 Å². The van der Waals surface area contributed by atoms with Gasteiger partial charge in [-0.3, -0.25) is 4.90 Å². The van der Waals surface area contributed by atoms with E-state index in [1.165, 1.54) is 16.1 Å². The van der Waals surface area contributed by atoms with Gasteiger partial charge in [-0.05, 0) is 24.3 Å². The van der Waals surface area contributed by atoms with E-state index in [0.29, 0.717) is 5.82 Å². The van der Waals surface area contributed by atoms with Gasteiger partial charge in [-0.2, -0.15) is 0 Å². The molecule has 0 saturated heterocycles. The maximum atomic E-state index is 5.47. The number of nitrogen functional groups attached to an aromatic ring is 1. The highest BCUT2D eigenvalue weighted by atomic mass is 32.2. The molecule has 6 heteroatoms. The zero-order chi connectivity index (χ0) is 14.9. The van der Waals surface area contributed by atoms with E-state index >= 15 is 0 Å². The van der Waals surface area contributed by atoms with E-state index in [-0.39, 0.29) is 0 Å². The molecule has 1 aromatic heterocycles. The highest BCUT2D eigenvalue weighted by molar-refractivity contribution is 7.99. The topological polar surface area (TPSA) is 67.1 Å². The third-order valence-corrected chi connectivity index (χ3v) is 4.59. The number of hydrogen-bond acceptors (Lipinski definition) is 6. The summed E-state index contributed by atoms with van der Waals surface area (Å²) in [6, 6.07) is 18.4. The van der Waals surface area contributed by atoms with Gasteiger partial charge in [0.2, 0.25) is 0 Å². The van der Waals surface area contributed by atoms with Crippen LogP contribution in [0.1, 0.15) is 0 Å². The summed E-state index contributed by atoms with van der Waals surface area (Å²) in [5.41, 5.74) is 4.78. The molecule has 0 bridgehead atoms. The quantitative estimate of drug-likeness (QED) is 0.435. The van der Waals surface area contributed by atoms with Crippen molar-refractivity contribution in [3.8, 4) is 0 Å². The molecule has 0 aliphatic carbocycles. The van der Waals surface area contributed by atoms with Gasteiger partial charge >= 0.3 is 0 Å². The van der Waals surface area contributed by atoms with Crippen molar-refractivity contribution in [1.29, 1.82) is 0 Å². The average molecular weight is 307 g/mol. The predicted octanol–water partition coefficient (Wildman–Crippen LogP) is 3.70. The Bertz CT molecular complexity index is 791. The highest BCUT2D eigenvalue weighted by Crippen LogP contribution is 2.50. The van der Waals surface area contributed by atoms with E-state index in [9.17, 15) is 0 Å². The zero-order valence-corrected chi connectivity index (χ0v) is 12.4. The number of anilines is 4. The van der Waals surface area contributed by atoms with E-state index in [0.717, 1.165) is 17.2 Å². The van der Waals surface area contributed by atoms with Gasteiger partial charge in [0.05, 0.1) is 11.4 Å². The molecule has 0 fully saturated rings. The minimum absolute atomic E-state index is 0.582. The number of aromatic nitrogens is 2. The van der Waals surface area contributed by atoms with Crippen LogP contribution in [0.2, 0.25) is 0 Å². The van der Waals surface area contributed by atoms with Crippen molar-refractivity contribution in [3.63, 3.8) is 0 Å². The van der Waals surface area contributed by atoms with Gasteiger partial charge in [-0.25, -0.2) is 15.8 Å². The van der Waals surface area contributed by atoms with Crippen molar-refractivity contribution in [2.45, 2.75) is 9.79 Å². The number of hydrazine groups is 1. The lowest BCUT2D eigenvalue weighted by Gasteiger charge is -2.31. The molecular formula is C16H13N5S. The Labute approximate surface area is 132 Å². The molecule has 22 heavy (non-hydrogen) atoms. The number of fused-ring (bicyclic) bond motifs is 2. The molecule has 0 spiro atoms. The number of rotatable bonds is 2. The molecule has 0 atom stereocenters. The molecule has 1 aliphatic heterocycles. The normalized spacial score (nSPS) is 12.5. The second-order valence-electron chi connectivity index (χ2n) is 4.78. The molecule has 108 valence electrons. The van der Waals surface area contributed by atoms with Gasteiger partial charge in [-0.15, -0.1) is 0 Å². The van der Waals surface area contributed by atoms with Gasteiger partial charge in [0.25, 0.3) is 0 Å². The lowest BCUT2D eigenvalue weighted by atomic mass is 10.2. The van der Waals surface area contributed by atoms with Crippen LogP contribution in [0.5, 0.6) is 0 Å². The SMILES string of the molecule is NNc1cc(N2c3ccccc3Sc3ccccc32)ncn1. The fourth-order valence-electron chi connectivity index (χ4n) is 2.50. The molecule has 4 rings (SSSR count). The van der Waals surface area contributed by atoms with E-state index in [1.54, 1.807) is 11.8 Å². The van der Waals surface area contributed by atoms with Crippen LogP contribution in [-0.2, 0) is 0 Å². The van der Waals surface area contributed by atoms with Crippen molar-refractivity contribution in [2.75, 3.05) is 10.3 Å². The molecule has 2 heterocycles. The maximum absolute atomic E-state index is 5.47. The van der Waals surface area contributed by atoms with Crippen LogP contribution in [0.25, 0.3) is 0 Å². The summed E-state index contributed by atoms with van der Waals surface area (Å²) < 4.78 is 0. The summed E-state index contributed by atoms with van der Waals surface area (Å²) in [4.78, 5) is 13.0. The lowest BCUT2D eigenvalue weighted by molar-refractivity contribution is 1.07. The molecule has 3 N–H and O–H groups in total. The zero-order valence-electron chi connectivity index (χ0n) is 11.6. The minimum atomic E-state index is 0.582. The predicted molar refractivity (Wildman–Crippen MR) is 88.6 cm³/mol. The number of hydrogen-bond donors (Lipinski definition) is 2. The summed E-state index contributed by atoms with van der Waals surface area (Å²) in [6.07, 6.45) is 1.51. The molecule has 3 aromatic rings. The molecular weight excluding hydrogens is 294 g/mol. The summed E-state index contributed by atoms with van der Waals surface area (Å²) in [7, 11) is 0. The number of nitrogens with two attached hydrogens (primary N) is 1. The van der Waals surface area contributed by atoms with E-state index in [2.05, 4.69) is 44.6 Å². The van der Waals surface area contributed by atoms with Crippen molar-refractivity contribution in [3.05, 3.63) is 60.9 Å². The lowest BCUT2D eigenvalue weighted by Crippen LogP contribution is -2.17. The van der Waals surface area contributed by atoms with Gasteiger partial charge < -0.3 is 5.43 Å². The van der Waals surface area contributed by atoms with Crippen molar-refractivity contribution < 1.29 is 0 Å². The summed E-state index contributed by atoms with van der Waals surface area (Å²) in [5, 5.41) is 0. The molecule has 5 nitrogen and oxygen atoms in total. The fourth-order valence-corrected chi connectivity index (χ4v) is 3.56. The third-order valence-electron chi connectivity index (χ3n) is 3.46. The van der Waals surface area contributed by atoms with E-state index in [1.807, 2.05) is 30.3 Å². The Hall–Kier alpha value is -2.57. The molecule has 0 radical (unpaired) electrons. The van der Waals surface area contributed by atoms with Gasteiger partial charge in [0.1, 0.15) is 18.0 Å². The second kappa shape index (κ2) is 5.32. The van der Waals surface area contributed by atoms with Crippen molar-refractivity contribution in [1.82, 2.24) is 9.97 Å². The molecule has 1 aliphatic rings. The second-order valence-corrected chi connectivity index (χ2v) is 5.86. The number of para-hydroxylation sites is 2. The van der Waals surface area contributed by atoms with Crippen LogP contribution in [0.3, 0.4) is 0 Å². The third kappa shape index (κ3) is 2.09. The highest BCUT2D eigenvalue weighted by Gasteiger charge is 2.25. The van der Waals surface area contributed by atoms with Crippen LogP contribution in [-0.4, -0.2) is 9.97 Å².